The first kappa shape index (κ1) is 16.8. The zero-order valence-corrected chi connectivity index (χ0v) is 13.1. The van der Waals surface area contributed by atoms with E-state index in [-0.39, 0.29) is 6.04 Å². The van der Waals surface area contributed by atoms with Crippen LogP contribution in [-0.2, 0) is 4.74 Å². The lowest BCUT2D eigenvalue weighted by atomic mass is 10.0. The Hall–Kier alpha value is -1.26. The molecule has 1 aromatic rings. The standard InChI is InChI=1S/C16H27NO3/c1-5-17-15(8-7-11-20-6-2)14-10-9-13(18-3)12-16(14)19-4/h9-10,12,15,17H,5-8,11H2,1-4H3. The van der Waals surface area contributed by atoms with Gasteiger partial charge in [0.15, 0.2) is 0 Å². The molecule has 1 unspecified atom stereocenters. The molecule has 0 saturated heterocycles. The third kappa shape index (κ3) is 5.02. The van der Waals surface area contributed by atoms with Gasteiger partial charge in [0, 0.05) is 30.9 Å². The zero-order chi connectivity index (χ0) is 14.8. The molecule has 0 bridgehead atoms. The molecule has 0 aliphatic carbocycles. The molecule has 4 nitrogen and oxygen atoms in total. The molecule has 0 amide bonds. The number of hydrogen-bond acceptors (Lipinski definition) is 4. The molecule has 1 atom stereocenters. The van der Waals surface area contributed by atoms with E-state index in [1.807, 2.05) is 19.1 Å². The minimum absolute atomic E-state index is 0.279. The van der Waals surface area contributed by atoms with Crippen molar-refractivity contribution in [1.82, 2.24) is 5.32 Å². The predicted molar refractivity (Wildman–Crippen MR) is 81.7 cm³/mol. The Morgan fingerprint density at radius 1 is 1.15 bits per heavy atom. The molecule has 0 radical (unpaired) electrons. The van der Waals surface area contributed by atoms with Crippen molar-refractivity contribution in [3.05, 3.63) is 23.8 Å². The molecule has 20 heavy (non-hydrogen) atoms. The van der Waals surface area contributed by atoms with Gasteiger partial charge in [-0.3, -0.25) is 0 Å². The molecular weight excluding hydrogens is 254 g/mol. The van der Waals surface area contributed by atoms with Crippen molar-refractivity contribution in [1.29, 1.82) is 0 Å². The monoisotopic (exact) mass is 281 g/mol. The highest BCUT2D eigenvalue weighted by Crippen LogP contribution is 2.31. The van der Waals surface area contributed by atoms with Gasteiger partial charge in [-0.25, -0.2) is 0 Å². The van der Waals surface area contributed by atoms with Gasteiger partial charge >= 0.3 is 0 Å². The molecule has 0 spiro atoms. The molecule has 1 N–H and O–H groups in total. The topological polar surface area (TPSA) is 39.7 Å². The first-order valence-electron chi connectivity index (χ1n) is 7.29. The quantitative estimate of drug-likeness (QED) is 0.669. The molecular formula is C16H27NO3. The maximum atomic E-state index is 5.49. The van der Waals surface area contributed by atoms with Crippen molar-refractivity contribution in [2.45, 2.75) is 32.7 Å². The van der Waals surface area contributed by atoms with Crippen LogP contribution in [0.1, 0.15) is 38.3 Å². The third-order valence-electron chi connectivity index (χ3n) is 3.25. The Kier molecular flexibility index (Phi) is 8.07. The second-order valence-corrected chi connectivity index (χ2v) is 4.56. The fraction of sp³-hybridized carbons (Fsp3) is 0.625. The van der Waals surface area contributed by atoms with Gasteiger partial charge in [-0.05, 0) is 32.4 Å². The van der Waals surface area contributed by atoms with Gasteiger partial charge in [-0.2, -0.15) is 0 Å². The summed E-state index contributed by atoms with van der Waals surface area (Å²) in [4.78, 5) is 0. The predicted octanol–water partition coefficient (Wildman–Crippen LogP) is 3.17. The van der Waals surface area contributed by atoms with E-state index in [0.29, 0.717) is 0 Å². The summed E-state index contributed by atoms with van der Waals surface area (Å²) in [5.41, 5.74) is 1.17. The summed E-state index contributed by atoms with van der Waals surface area (Å²) in [6, 6.07) is 6.26. The van der Waals surface area contributed by atoms with E-state index in [0.717, 1.165) is 44.1 Å². The minimum Gasteiger partial charge on any atom is -0.497 e. The molecule has 0 aliphatic rings. The number of rotatable bonds is 10. The molecule has 4 heteroatoms. The molecule has 0 fully saturated rings. The van der Waals surface area contributed by atoms with Gasteiger partial charge in [0.25, 0.3) is 0 Å². The lowest BCUT2D eigenvalue weighted by Gasteiger charge is -2.21. The Morgan fingerprint density at radius 3 is 2.55 bits per heavy atom. The average molecular weight is 281 g/mol. The van der Waals surface area contributed by atoms with Crippen LogP contribution in [0, 0.1) is 0 Å². The first-order valence-corrected chi connectivity index (χ1v) is 7.29. The Balaban J connectivity index is 2.78. The van der Waals surface area contributed by atoms with Gasteiger partial charge in [0.1, 0.15) is 11.5 Å². The fourth-order valence-electron chi connectivity index (χ4n) is 2.25. The van der Waals surface area contributed by atoms with Crippen LogP contribution in [0.25, 0.3) is 0 Å². The smallest absolute Gasteiger partial charge is 0.127 e. The number of methoxy groups -OCH3 is 2. The van der Waals surface area contributed by atoms with Crippen LogP contribution in [0.2, 0.25) is 0 Å². The summed E-state index contributed by atoms with van der Waals surface area (Å²) < 4.78 is 16.1. The molecule has 0 saturated carbocycles. The summed E-state index contributed by atoms with van der Waals surface area (Å²) in [5.74, 6) is 1.68. The maximum absolute atomic E-state index is 5.49. The number of hydrogen-bond donors (Lipinski definition) is 1. The molecule has 1 rings (SSSR count). The van der Waals surface area contributed by atoms with E-state index < -0.39 is 0 Å². The van der Waals surface area contributed by atoms with Crippen LogP contribution in [0.3, 0.4) is 0 Å². The zero-order valence-electron chi connectivity index (χ0n) is 13.1. The van der Waals surface area contributed by atoms with Crippen LogP contribution in [0.15, 0.2) is 18.2 Å². The minimum atomic E-state index is 0.279. The summed E-state index contributed by atoms with van der Waals surface area (Å²) >= 11 is 0. The SMILES string of the molecule is CCNC(CCCOCC)c1ccc(OC)cc1OC. The van der Waals surface area contributed by atoms with Gasteiger partial charge in [0.2, 0.25) is 0 Å². The van der Waals surface area contributed by atoms with E-state index in [2.05, 4.69) is 18.3 Å². The van der Waals surface area contributed by atoms with Crippen molar-refractivity contribution in [2.75, 3.05) is 34.0 Å². The van der Waals surface area contributed by atoms with Gasteiger partial charge < -0.3 is 19.5 Å². The van der Waals surface area contributed by atoms with Crippen molar-refractivity contribution in [3.8, 4) is 11.5 Å². The lowest BCUT2D eigenvalue weighted by Crippen LogP contribution is -2.22. The van der Waals surface area contributed by atoms with Crippen LogP contribution in [-0.4, -0.2) is 34.0 Å². The third-order valence-corrected chi connectivity index (χ3v) is 3.25. The van der Waals surface area contributed by atoms with Gasteiger partial charge in [0.05, 0.1) is 14.2 Å². The second kappa shape index (κ2) is 9.61. The van der Waals surface area contributed by atoms with E-state index >= 15 is 0 Å². The fourth-order valence-corrected chi connectivity index (χ4v) is 2.25. The summed E-state index contributed by atoms with van der Waals surface area (Å²) in [7, 11) is 3.36. The number of nitrogens with one attached hydrogen (secondary N) is 1. The summed E-state index contributed by atoms with van der Waals surface area (Å²) in [6.45, 7) is 6.64. The van der Waals surface area contributed by atoms with Crippen LogP contribution in [0.4, 0.5) is 0 Å². The summed E-state index contributed by atoms with van der Waals surface area (Å²) in [5, 5.41) is 3.51. The normalized spacial score (nSPS) is 12.2. The Bertz CT molecular complexity index is 382. The molecule has 0 aromatic heterocycles. The maximum Gasteiger partial charge on any atom is 0.127 e. The van der Waals surface area contributed by atoms with Crippen molar-refractivity contribution >= 4 is 0 Å². The highest BCUT2D eigenvalue weighted by molar-refractivity contribution is 5.42. The van der Waals surface area contributed by atoms with Gasteiger partial charge in [-0.15, -0.1) is 0 Å². The van der Waals surface area contributed by atoms with Crippen LogP contribution < -0.4 is 14.8 Å². The highest BCUT2D eigenvalue weighted by atomic mass is 16.5. The second-order valence-electron chi connectivity index (χ2n) is 4.56. The van der Waals surface area contributed by atoms with Crippen LogP contribution >= 0.6 is 0 Å². The molecule has 0 aliphatic heterocycles. The van der Waals surface area contributed by atoms with Gasteiger partial charge in [-0.1, -0.05) is 13.0 Å². The number of benzene rings is 1. The van der Waals surface area contributed by atoms with Crippen LogP contribution in [0.5, 0.6) is 11.5 Å². The average Bonchev–Trinajstić information content (AvgIpc) is 2.49. The Labute approximate surface area is 122 Å². The molecule has 0 heterocycles. The molecule has 114 valence electrons. The van der Waals surface area contributed by atoms with E-state index in [1.165, 1.54) is 5.56 Å². The van der Waals surface area contributed by atoms with E-state index in [1.54, 1.807) is 14.2 Å². The lowest BCUT2D eigenvalue weighted by molar-refractivity contribution is 0.140. The first-order chi connectivity index (χ1) is 9.76. The Morgan fingerprint density at radius 2 is 1.95 bits per heavy atom. The van der Waals surface area contributed by atoms with E-state index in [4.69, 9.17) is 14.2 Å². The highest BCUT2D eigenvalue weighted by Gasteiger charge is 2.15. The summed E-state index contributed by atoms with van der Waals surface area (Å²) in [6.07, 6.45) is 2.05. The van der Waals surface area contributed by atoms with Crippen molar-refractivity contribution in [2.24, 2.45) is 0 Å². The number of ether oxygens (including phenoxy) is 3. The van der Waals surface area contributed by atoms with Crippen molar-refractivity contribution < 1.29 is 14.2 Å². The van der Waals surface area contributed by atoms with Crippen molar-refractivity contribution in [3.63, 3.8) is 0 Å². The largest absolute Gasteiger partial charge is 0.497 e. The molecule has 1 aromatic carbocycles. The van der Waals surface area contributed by atoms with E-state index in [9.17, 15) is 0 Å².